The van der Waals surface area contributed by atoms with E-state index in [9.17, 15) is 18.0 Å². The van der Waals surface area contributed by atoms with Gasteiger partial charge in [-0.15, -0.1) is 0 Å². The number of benzene rings is 2. The summed E-state index contributed by atoms with van der Waals surface area (Å²) in [6.07, 6.45) is 2.92. The lowest BCUT2D eigenvalue weighted by Gasteiger charge is -2.12. The van der Waals surface area contributed by atoms with Crippen LogP contribution in [-0.4, -0.2) is 38.0 Å². The molecule has 2 rings (SSSR count). The highest BCUT2D eigenvalue weighted by molar-refractivity contribution is 7.99. The van der Waals surface area contributed by atoms with E-state index in [0.29, 0.717) is 11.4 Å². The van der Waals surface area contributed by atoms with E-state index in [1.807, 2.05) is 6.26 Å². The number of hydrogen-bond donors (Lipinski definition) is 2. The van der Waals surface area contributed by atoms with Crippen molar-refractivity contribution < 1.29 is 18.0 Å². The van der Waals surface area contributed by atoms with Gasteiger partial charge in [-0.3, -0.25) is 9.59 Å². The van der Waals surface area contributed by atoms with Crippen LogP contribution in [0.5, 0.6) is 0 Å². The Morgan fingerprint density at radius 1 is 1.11 bits per heavy atom. The standard InChI is InChI=1S/C18H19ClN2O4S2/c1-11(26-2)17(22)20-13-7-8-16(15(19)10-13)21-18(23)12-5-4-6-14(9-12)27(3,24)25/h4-11H,1-3H3,(H,20,22)(H,21,23). The van der Waals surface area contributed by atoms with Crippen molar-refractivity contribution in [3.05, 3.63) is 53.1 Å². The van der Waals surface area contributed by atoms with E-state index in [0.717, 1.165) is 6.26 Å². The zero-order chi connectivity index (χ0) is 20.2. The highest BCUT2D eigenvalue weighted by atomic mass is 35.5. The van der Waals surface area contributed by atoms with Gasteiger partial charge in [-0.1, -0.05) is 17.7 Å². The molecule has 0 heterocycles. The molecule has 27 heavy (non-hydrogen) atoms. The van der Waals surface area contributed by atoms with E-state index < -0.39 is 15.7 Å². The molecule has 6 nitrogen and oxygen atoms in total. The highest BCUT2D eigenvalue weighted by Gasteiger charge is 2.15. The summed E-state index contributed by atoms with van der Waals surface area (Å²) in [5.74, 6) is -0.636. The molecule has 1 unspecified atom stereocenters. The van der Waals surface area contributed by atoms with Crippen molar-refractivity contribution in [1.29, 1.82) is 0 Å². The normalized spacial score (nSPS) is 12.3. The van der Waals surface area contributed by atoms with Crippen LogP contribution in [-0.2, 0) is 14.6 Å². The molecule has 0 aliphatic rings. The molecular weight excluding hydrogens is 408 g/mol. The van der Waals surface area contributed by atoms with Gasteiger partial charge < -0.3 is 10.6 Å². The van der Waals surface area contributed by atoms with Gasteiger partial charge in [-0.2, -0.15) is 11.8 Å². The van der Waals surface area contributed by atoms with Crippen molar-refractivity contribution in [2.24, 2.45) is 0 Å². The molecule has 0 aliphatic carbocycles. The Bertz CT molecular complexity index is 977. The molecule has 2 amide bonds. The molecule has 0 fully saturated rings. The third-order valence-corrected chi connectivity index (χ3v) is 6.08. The fourth-order valence-corrected chi connectivity index (χ4v) is 3.28. The molecule has 0 bridgehead atoms. The van der Waals surface area contributed by atoms with Crippen molar-refractivity contribution >= 4 is 56.4 Å². The lowest BCUT2D eigenvalue weighted by atomic mass is 10.2. The van der Waals surface area contributed by atoms with Gasteiger partial charge in [0, 0.05) is 17.5 Å². The summed E-state index contributed by atoms with van der Waals surface area (Å²) in [5, 5.41) is 5.43. The first-order chi connectivity index (χ1) is 12.6. The van der Waals surface area contributed by atoms with Crippen LogP contribution in [0.15, 0.2) is 47.4 Å². The summed E-state index contributed by atoms with van der Waals surface area (Å²) >= 11 is 7.62. The minimum atomic E-state index is -3.41. The van der Waals surface area contributed by atoms with E-state index in [-0.39, 0.29) is 26.6 Å². The van der Waals surface area contributed by atoms with Crippen molar-refractivity contribution in [3.8, 4) is 0 Å². The van der Waals surface area contributed by atoms with Crippen LogP contribution in [0.2, 0.25) is 5.02 Å². The van der Waals surface area contributed by atoms with E-state index in [4.69, 9.17) is 11.6 Å². The second-order valence-electron chi connectivity index (χ2n) is 5.82. The maximum atomic E-state index is 12.4. The minimum Gasteiger partial charge on any atom is -0.325 e. The number of hydrogen-bond acceptors (Lipinski definition) is 5. The van der Waals surface area contributed by atoms with Crippen molar-refractivity contribution in [2.75, 3.05) is 23.1 Å². The summed E-state index contributed by atoms with van der Waals surface area (Å²) in [6.45, 7) is 1.79. The predicted octanol–water partition coefficient (Wildman–Crippen LogP) is 3.69. The van der Waals surface area contributed by atoms with Crippen molar-refractivity contribution in [3.63, 3.8) is 0 Å². The highest BCUT2D eigenvalue weighted by Crippen LogP contribution is 2.26. The van der Waals surface area contributed by atoms with Crippen LogP contribution in [0, 0.1) is 0 Å². The molecule has 2 aromatic rings. The zero-order valence-electron chi connectivity index (χ0n) is 14.9. The van der Waals surface area contributed by atoms with E-state index in [2.05, 4.69) is 10.6 Å². The molecule has 0 saturated carbocycles. The van der Waals surface area contributed by atoms with Crippen LogP contribution >= 0.6 is 23.4 Å². The average Bonchev–Trinajstić information content (AvgIpc) is 2.62. The Morgan fingerprint density at radius 3 is 2.41 bits per heavy atom. The van der Waals surface area contributed by atoms with Gasteiger partial charge in [0.2, 0.25) is 5.91 Å². The van der Waals surface area contributed by atoms with Gasteiger partial charge in [0.25, 0.3) is 5.91 Å². The molecule has 1 atom stereocenters. The minimum absolute atomic E-state index is 0.0576. The van der Waals surface area contributed by atoms with Crippen LogP contribution < -0.4 is 10.6 Å². The Balaban J connectivity index is 2.16. The third kappa shape index (κ3) is 5.72. The Hall–Kier alpha value is -2.03. The number of carbonyl (C=O) groups excluding carboxylic acids is 2. The summed E-state index contributed by atoms with van der Waals surface area (Å²) in [4.78, 5) is 24.4. The molecular formula is C18H19ClN2O4S2. The number of sulfone groups is 1. The monoisotopic (exact) mass is 426 g/mol. The van der Waals surface area contributed by atoms with Crippen LogP contribution in [0.3, 0.4) is 0 Å². The summed E-state index contributed by atoms with van der Waals surface area (Å²) in [7, 11) is -3.41. The number of amides is 2. The maximum Gasteiger partial charge on any atom is 0.255 e. The van der Waals surface area contributed by atoms with Crippen LogP contribution in [0.1, 0.15) is 17.3 Å². The smallest absolute Gasteiger partial charge is 0.255 e. The first-order valence-electron chi connectivity index (χ1n) is 7.86. The van der Waals surface area contributed by atoms with Gasteiger partial charge in [-0.05, 0) is 49.6 Å². The van der Waals surface area contributed by atoms with Gasteiger partial charge in [0.1, 0.15) is 0 Å². The number of halogens is 1. The first-order valence-corrected chi connectivity index (χ1v) is 11.4. The quantitative estimate of drug-likeness (QED) is 0.734. The molecule has 144 valence electrons. The summed E-state index contributed by atoms with van der Waals surface area (Å²) in [5.41, 5.74) is 1.06. The largest absolute Gasteiger partial charge is 0.325 e. The van der Waals surface area contributed by atoms with Crippen molar-refractivity contribution in [1.82, 2.24) is 0 Å². The van der Waals surface area contributed by atoms with Gasteiger partial charge >= 0.3 is 0 Å². The van der Waals surface area contributed by atoms with Gasteiger partial charge in [-0.25, -0.2) is 8.42 Å². The molecule has 0 saturated heterocycles. The van der Waals surface area contributed by atoms with Crippen LogP contribution in [0.25, 0.3) is 0 Å². The molecule has 9 heteroatoms. The van der Waals surface area contributed by atoms with Gasteiger partial charge in [0.15, 0.2) is 9.84 Å². The molecule has 0 radical (unpaired) electrons. The molecule has 0 aromatic heterocycles. The van der Waals surface area contributed by atoms with Crippen LogP contribution in [0.4, 0.5) is 11.4 Å². The van der Waals surface area contributed by atoms with E-state index in [1.165, 1.54) is 42.1 Å². The topological polar surface area (TPSA) is 92.3 Å². The second-order valence-corrected chi connectivity index (χ2v) is 9.42. The lowest BCUT2D eigenvalue weighted by molar-refractivity contribution is -0.115. The SMILES string of the molecule is CSC(C)C(=O)Nc1ccc(NC(=O)c2cccc(S(C)(=O)=O)c2)c(Cl)c1. The summed E-state index contributed by atoms with van der Waals surface area (Å²) < 4.78 is 23.3. The number of thioether (sulfide) groups is 1. The number of rotatable bonds is 6. The Kier molecular flexibility index (Phi) is 6.91. The molecule has 2 aromatic carbocycles. The molecule has 0 spiro atoms. The Labute approximate surface area is 167 Å². The lowest BCUT2D eigenvalue weighted by Crippen LogP contribution is -2.22. The zero-order valence-corrected chi connectivity index (χ0v) is 17.3. The van der Waals surface area contributed by atoms with Crippen molar-refractivity contribution in [2.45, 2.75) is 17.1 Å². The van der Waals surface area contributed by atoms with E-state index in [1.54, 1.807) is 19.1 Å². The summed E-state index contributed by atoms with van der Waals surface area (Å²) in [6, 6.07) is 10.5. The predicted molar refractivity (Wildman–Crippen MR) is 111 cm³/mol. The maximum absolute atomic E-state index is 12.4. The number of anilines is 2. The number of nitrogens with one attached hydrogen (secondary N) is 2. The first kappa shape index (κ1) is 21.3. The second kappa shape index (κ2) is 8.77. The van der Waals surface area contributed by atoms with Gasteiger partial charge in [0.05, 0.1) is 20.9 Å². The molecule has 0 aliphatic heterocycles. The molecule has 2 N–H and O–H groups in total. The van der Waals surface area contributed by atoms with E-state index >= 15 is 0 Å². The fraction of sp³-hybridized carbons (Fsp3) is 0.222. The average molecular weight is 427 g/mol. The number of carbonyl (C=O) groups is 2. The Morgan fingerprint density at radius 2 is 1.81 bits per heavy atom. The fourth-order valence-electron chi connectivity index (χ4n) is 2.11. The third-order valence-electron chi connectivity index (χ3n) is 3.73.